The molecule has 0 radical (unpaired) electrons. The van der Waals surface area contributed by atoms with Crippen LogP contribution in [0, 0.1) is 0 Å². The summed E-state index contributed by atoms with van der Waals surface area (Å²) in [5.41, 5.74) is 6.46. The molecule has 0 saturated carbocycles. The summed E-state index contributed by atoms with van der Waals surface area (Å²) in [5, 5.41) is 3.63. The Morgan fingerprint density at radius 2 is 2.20 bits per heavy atom. The maximum Gasteiger partial charge on any atom is 0.244 e. The molecule has 0 atom stereocenters. The molecule has 108 valence electrons. The van der Waals surface area contributed by atoms with Crippen molar-refractivity contribution in [1.29, 1.82) is 0 Å². The fourth-order valence-electron chi connectivity index (χ4n) is 1.58. The number of rotatable bonds is 6. The van der Waals surface area contributed by atoms with Crippen molar-refractivity contribution in [2.45, 2.75) is 18.4 Å². The van der Waals surface area contributed by atoms with Crippen LogP contribution >= 0.6 is 0 Å². The molecule has 2 aromatic rings. The molecule has 0 unspecified atom stereocenters. The Balaban J connectivity index is 2.26. The van der Waals surface area contributed by atoms with Crippen molar-refractivity contribution in [2.75, 3.05) is 12.3 Å². The predicted octanol–water partition coefficient (Wildman–Crippen LogP) is 1.13. The highest BCUT2D eigenvalue weighted by Gasteiger charge is 2.20. The third kappa shape index (κ3) is 3.28. The highest BCUT2D eigenvalue weighted by atomic mass is 32.2. The van der Waals surface area contributed by atoms with Gasteiger partial charge >= 0.3 is 0 Å². The molecule has 0 aliphatic rings. The number of nitrogens with one attached hydrogen (secondary N) is 1. The lowest BCUT2D eigenvalue weighted by atomic mass is 10.3. The first-order valence-electron chi connectivity index (χ1n) is 5.94. The second-order valence-electron chi connectivity index (χ2n) is 3.95. The van der Waals surface area contributed by atoms with E-state index in [4.69, 9.17) is 10.5 Å². The van der Waals surface area contributed by atoms with Gasteiger partial charge in [0.05, 0.1) is 18.8 Å². The van der Waals surface area contributed by atoms with Gasteiger partial charge in [-0.1, -0.05) is 5.16 Å². The summed E-state index contributed by atoms with van der Waals surface area (Å²) < 4.78 is 36.9. The average Bonchev–Trinajstić information content (AvgIpc) is 2.92. The van der Waals surface area contributed by atoms with E-state index in [-0.39, 0.29) is 17.2 Å². The molecule has 0 aliphatic heterocycles. The van der Waals surface area contributed by atoms with E-state index in [0.717, 1.165) is 0 Å². The van der Waals surface area contributed by atoms with Crippen LogP contribution in [0.4, 0.5) is 5.69 Å². The maximum absolute atomic E-state index is 12.3. The van der Waals surface area contributed by atoms with Crippen molar-refractivity contribution in [3.63, 3.8) is 0 Å². The SMILES string of the molecule is CCOc1ccc(N)cc1S(=O)(=O)NCc1ccon1. The first-order chi connectivity index (χ1) is 9.53. The number of nitrogens with two attached hydrogens (primary N) is 1. The van der Waals surface area contributed by atoms with Crippen LogP contribution in [-0.4, -0.2) is 20.2 Å². The molecule has 0 bridgehead atoms. The minimum Gasteiger partial charge on any atom is -0.492 e. The Hall–Kier alpha value is -2.06. The van der Waals surface area contributed by atoms with Crippen molar-refractivity contribution in [3.8, 4) is 5.75 Å². The molecule has 0 spiro atoms. The van der Waals surface area contributed by atoms with Gasteiger partial charge in [0.2, 0.25) is 10.0 Å². The first kappa shape index (κ1) is 14.4. The molecule has 3 N–H and O–H groups in total. The van der Waals surface area contributed by atoms with Gasteiger partial charge in [0.25, 0.3) is 0 Å². The van der Waals surface area contributed by atoms with Crippen molar-refractivity contribution < 1.29 is 17.7 Å². The van der Waals surface area contributed by atoms with E-state index >= 15 is 0 Å². The molecule has 1 aromatic heterocycles. The van der Waals surface area contributed by atoms with Gasteiger partial charge in [-0.25, -0.2) is 13.1 Å². The van der Waals surface area contributed by atoms with Crippen molar-refractivity contribution >= 4 is 15.7 Å². The Bertz CT molecular complexity index is 668. The van der Waals surface area contributed by atoms with Gasteiger partial charge < -0.3 is 15.0 Å². The summed E-state index contributed by atoms with van der Waals surface area (Å²) >= 11 is 0. The van der Waals surface area contributed by atoms with Crippen molar-refractivity contribution in [1.82, 2.24) is 9.88 Å². The maximum atomic E-state index is 12.3. The monoisotopic (exact) mass is 297 g/mol. The fourth-order valence-corrected chi connectivity index (χ4v) is 2.76. The summed E-state index contributed by atoms with van der Waals surface area (Å²) in [6.07, 6.45) is 1.37. The topological polar surface area (TPSA) is 107 Å². The molecule has 20 heavy (non-hydrogen) atoms. The second kappa shape index (κ2) is 5.93. The number of aromatic nitrogens is 1. The molecule has 1 heterocycles. The van der Waals surface area contributed by atoms with E-state index in [1.165, 1.54) is 18.4 Å². The van der Waals surface area contributed by atoms with Crippen LogP contribution in [0.15, 0.2) is 39.9 Å². The summed E-state index contributed by atoms with van der Waals surface area (Å²) in [6.45, 7) is 2.16. The van der Waals surface area contributed by atoms with Gasteiger partial charge in [0, 0.05) is 11.8 Å². The van der Waals surface area contributed by atoms with Gasteiger partial charge in [-0.05, 0) is 25.1 Å². The largest absolute Gasteiger partial charge is 0.492 e. The van der Waals surface area contributed by atoms with Crippen LogP contribution in [0.5, 0.6) is 5.75 Å². The summed E-state index contributed by atoms with van der Waals surface area (Å²) in [5.74, 6) is 0.259. The Labute approximate surface area is 116 Å². The third-order valence-corrected chi connectivity index (χ3v) is 3.91. The van der Waals surface area contributed by atoms with Crippen LogP contribution in [0.1, 0.15) is 12.6 Å². The fraction of sp³-hybridized carbons (Fsp3) is 0.250. The number of hydrogen-bond acceptors (Lipinski definition) is 6. The minimum atomic E-state index is -3.75. The van der Waals surface area contributed by atoms with Crippen molar-refractivity contribution in [3.05, 3.63) is 36.2 Å². The zero-order chi connectivity index (χ0) is 14.6. The highest BCUT2D eigenvalue weighted by molar-refractivity contribution is 7.89. The van der Waals surface area contributed by atoms with Crippen molar-refractivity contribution in [2.24, 2.45) is 0 Å². The van der Waals surface area contributed by atoms with E-state index in [1.54, 1.807) is 19.1 Å². The van der Waals surface area contributed by atoms with E-state index in [9.17, 15) is 8.42 Å². The predicted molar refractivity (Wildman–Crippen MR) is 72.6 cm³/mol. The lowest BCUT2D eigenvalue weighted by Gasteiger charge is -2.12. The zero-order valence-electron chi connectivity index (χ0n) is 10.9. The van der Waals surface area contributed by atoms with Crippen LogP contribution in [0.3, 0.4) is 0 Å². The quantitative estimate of drug-likeness (QED) is 0.774. The minimum absolute atomic E-state index is 0.00263. The summed E-state index contributed by atoms with van der Waals surface area (Å²) in [6, 6.07) is 6.05. The van der Waals surface area contributed by atoms with Gasteiger partial charge in [-0.3, -0.25) is 0 Å². The summed E-state index contributed by atoms with van der Waals surface area (Å²) in [7, 11) is -3.75. The second-order valence-corrected chi connectivity index (χ2v) is 5.69. The lowest BCUT2D eigenvalue weighted by Crippen LogP contribution is -2.24. The van der Waals surface area contributed by atoms with E-state index < -0.39 is 10.0 Å². The molecule has 0 saturated heterocycles. The smallest absolute Gasteiger partial charge is 0.244 e. The first-order valence-corrected chi connectivity index (χ1v) is 7.42. The molecule has 0 fully saturated rings. The van der Waals surface area contributed by atoms with E-state index in [2.05, 4.69) is 14.4 Å². The standard InChI is InChI=1S/C12H15N3O4S/c1-2-18-11-4-3-9(13)7-12(11)20(16,17)14-8-10-5-6-19-15-10/h3-7,14H,2,8,13H2,1H3. The molecule has 0 amide bonds. The molecule has 0 aliphatic carbocycles. The number of nitrogens with zero attached hydrogens (tertiary/aromatic N) is 1. The third-order valence-electron chi connectivity index (χ3n) is 2.49. The van der Waals surface area contributed by atoms with Gasteiger partial charge in [0.15, 0.2) is 0 Å². The Morgan fingerprint density at radius 1 is 1.40 bits per heavy atom. The normalized spacial score (nSPS) is 11.4. The summed E-state index contributed by atoms with van der Waals surface area (Å²) in [4.78, 5) is 0.00263. The molecule has 1 aromatic carbocycles. The number of sulfonamides is 1. The van der Waals surface area contributed by atoms with Crippen LogP contribution in [0.2, 0.25) is 0 Å². The van der Waals surface area contributed by atoms with Gasteiger partial charge in [0.1, 0.15) is 16.9 Å². The molecular formula is C12H15N3O4S. The Kier molecular flexibility index (Phi) is 4.26. The number of ether oxygens (including phenoxy) is 1. The van der Waals surface area contributed by atoms with Gasteiger partial charge in [-0.2, -0.15) is 0 Å². The average molecular weight is 297 g/mol. The molecule has 7 nitrogen and oxygen atoms in total. The van der Waals surface area contributed by atoms with Crippen LogP contribution in [0.25, 0.3) is 0 Å². The van der Waals surface area contributed by atoms with Gasteiger partial charge in [-0.15, -0.1) is 0 Å². The number of hydrogen-bond donors (Lipinski definition) is 2. The zero-order valence-corrected chi connectivity index (χ0v) is 11.7. The molecule has 2 rings (SSSR count). The lowest BCUT2D eigenvalue weighted by molar-refractivity contribution is 0.331. The van der Waals surface area contributed by atoms with E-state index in [0.29, 0.717) is 18.0 Å². The number of anilines is 1. The van der Waals surface area contributed by atoms with Crippen LogP contribution < -0.4 is 15.2 Å². The molecular weight excluding hydrogens is 282 g/mol. The number of nitrogen functional groups attached to an aromatic ring is 1. The van der Waals surface area contributed by atoms with E-state index in [1.807, 2.05) is 0 Å². The number of benzene rings is 1. The van der Waals surface area contributed by atoms with Crippen LogP contribution in [-0.2, 0) is 16.6 Å². The molecule has 8 heteroatoms. The Morgan fingerprint density at radius 3 is 2.85 bits per heavy atom. The highest BCUT2D eigenvalue weighted by Crippen LogP contribution is 2.26.